The third kappa shape index (κ3) is 6.89. The molecule has 0 atom stereocenters. The number of aliphatic hydroxyl groups excluding tert-OH is 1. The van der Waals surface area contributed by atoms with Crippen LogP contribution in [0.15, 0.2) is 18.3 Å². The molecule has 0 aliphatic rings. The molecule has 2 N–H and O–H groups in total. The quantitative estimate of drug-likeness (QED) is 0.760. The average Bonchev–Trinajstić information content (AvgIpc) is 2.42. The molecule has 0 spiro atoms. The predicted molar refractivity (Wildman–Crippen MR) is 87.1 cm³/mol. The van der Waals surface area contributed by atoms with Crippen LogP contribution in [0.4, 0.5) is 0 Å². The minimum absolute atomic E-state index is 0.0990. The van der Waals surface area contributed by atoms with E-state index < -0.39 is 0 Å². The van der Waals surface area contributed by atoms with Gasteiger partial charge in [0.1, 0.15) is 5.60 Å². The largest absolute Gasteiger partial charge is 0.472 e. The van der Waals surface area contributed by atoms with Gasteiger partial charge in [0.15, 0.2) is 0 Å². The summed E-state index contributed by atoms with van der Waals surface area (Å²) in [6, 6.07) is 3.41. The van der Waals surface area contributed by atoms with Crippen molar-refractivity contribution in [3.63, 3.8) is 0 Å². The normalized spacial score (nSPS) is 12.1. The molecule has 124 valence electrons. The number of rotatable bonds is 7. The molecule has 0 aliphatic heterocycles. The Morgan fingerprint density at radius 1 is 1.27 bits per heavy atom. The van der Waals surface area contributed by atoms with Crippen LogP contribution < -0.4 is 10.1 Å². The van der Waals surface area contributed by atoms with Crippen LogP contribution in [0.3, 0.4) is 0 Å². The van der Waals surface area contributed by atoms with Gasteiger partial charge in [-0.2, -0.15) is 0 Å². The lowest BCUT2D eigenvalue weighted by molar-refractivity contribution is 0.0947. The van der Waals surface area contributed by atoms with E-state index in [-0.39, 0.29) is 23.5 Å². The lowest BCUT2D eigenvalue weighted by Gasteiger charge is -2.21. The molecule has 0 saturated heterocycles. The fraction of sp³-hybridized carbons (Fsp3) is 0.647. The van der Waals surface area contributed by atoms with Crippen LogP contribution in [0.25, 0.3) is 0 Å². The van der Waals surface area contributed by atoms with Crippen LogP contribution in [0.5, 0.6) is 5.88 Å². The van der Waals surface area contributed by atoms with E-state index in [1.807, 2.05) is 34.6 Å². The molecule has 0 unspecified atom stereocenters. The van der Waals surface area contributed by atoms with Gasteiger partial charge in [-0.3, -0.25) is 4.79 Å². The fourth-order valence-electron chi connectivity index (χ4n) is 1.84. The number of hydrogen-bond donors (Lipinski definition) is 2. The maximum Gasteiger partial charge on any atom is 0.252 e. The van der Waals surface area contributed by atoms with Gasteiger partial charge in [-0.05, 0) is 45.1 Å². The molecule has 1 aromatic rings. The first-order valence-electron chi connectivity index (χ1n) is 7.67. The Hall–Kier alpha value is -1.62. The lowest BCUT2D eigenvalue weighted by Crippen LogP contribution is -2.27. The summed E-state index contributed by atoms with van der Waals surface area (Å²) in [4.78, 5) is 16.1. The number of pyridine rings is 1. The molecule has 1 rings (SSSR count). The zero-order valence-electron chi connectivity index (χ0n) is 14.3. The van der Waals surface area contributed by atoms with Crippen molar-refractivity contribution < 1.29 is 14.6 Å². The fourth-order valence-corrected chi connectivity index (χ4v) is 1.84. The van der Waals surface area contributed by atoms with Gasteiger partial charge in [0.25, 0.3) is 5.91 Å². The highest BCUT2D eigenvalue weighted by molar-refractivity contribution is 5.93. The van der Waals surface area contributed by atoms with Crippen molar-refractivity contribution in [2.24, 2.45) is 5.41 Å². The maximum absolute atomic E-state index is 12.0. The summed E-state index contributed by atoms with van der Waals surface area (Å²) in [6.45, 7) is 10.6. The standard InChI is InChI=1S/C17H28N2O3/c1-16(2,3)22-14-8-7-13(11-19-14)15(21)18-10-6-9-17(4,5)12-20/h7-8,11,20H,6,9-10,12H2,1-5H3,(H,18,21). The minimum atomic E-state index is -0.309. The van der Waals surface area contributed by atoms with Crippen molar-refractivity contribution in [2.45, 2.75) is 53.1 Å². The molecule has 1 heterocycles. The first kappa shape index (κ1) is 18.4. The summed E-state index contributed by atoms with van der Waals surface area (Å²) < 4.78 is 5.62. The van der Waals surface area contributed by atoms with Gasteiger partial charge in [0.2, 0.25) is 5.88 Å². The summed E-state index contributed by atoms with van der Waals surface area (Å²) in [5, 5.41) is 12.0. The number of ether oxygens (including phenoxy) is 1. The molecule has 22 heavy (non-hydrogen) atoms. The molecule has 0 aliphatic carbocycles. The smallest absolute Gasteiger partial charge is 0.252 e. The van der Waals surface area contributed by atoms with Gasteiger partial charge in [-0.25, -0.2) is 4.98 Å². The maximum atomic E-state index is 12.0. The first-order valence-corrected chi connectivity index (χ1v) is 7.67. The molecule has 5 heteroatoms. The Labute approximate surface area is 133 Å². The molecule has 5 nitrogen and oxygen atoms in total. The predicted octanol–water partition coefficient (Wildman–Crippen LogP) is 2.79. The first-order chi connectivity index (χ1) is 10.1. The van der Waals surface area contributed by atoms with Crippen LogP contribution >= 0.6 is 0 Å². The molecular weight excluding hydrogens is 280 g/mol. The van der Waals surface area contributed by atoms with E-state index in [0.717, 1.165) is 12.8 Å². The van der Waals surface area contributed by atoms with Gasteiger partial charge >= 0.3 is 0 Å². The molecule has 0 aromatic carbocycles. The number of nitrogens with zero attached hydrogens (tertiary/aromatic N) is 1. The number of carbonyl (C=O) groups is 1. The van der Waals surface area contributed by atoms with Crippen LogP contribution in [0.1, 0.15) is 57.8 Å². The molecule has 1 aromatic heterocycles. The SMILES string of the molecule is CC(C)(CO)CCCNC(=O)c1ccc(OC(C)(C)C)nc1. The Bertz CT molecular complexity index is 476. The molecule has 1 amide bonds. The zero-order chi connectivity index (χ0) is 16.8. The van der Waals surface area contributed by atoms with Crippen molar-refractivity contribution >= 4 is 5.91 Å². The van der Waals surface area contributed by atoms with Gasteiger partial charge in [-0.15, -0.1) is 0 Å². The third-order valence-corrected chi connectivity index (χ3v) is 3.15. The molecule has 0 saturated carbocycles. The van der Waals surface area contributed by atoms with Gasteiger partial charge in [0, 0.05) is 25.4 Å². The van der Waals surface area contributed by atoms with Crippen LogP contribution in [-0.2, 0) is 0 Å². The van der Waals surface area contributed by atoms with E-state index in [1.165, 1.54) is 6.20 Å². The van der Waals surface area contributed by atoms with E-state index in [0.29, 0.717) is 18.0 Å². The summed E-state index contributed by atoms with van der Waals surface area (Å²) in [7, 11) is 0. The highest BCUT2D eigenvalue weighted by atomic mass is 16.5. The summed E-state index contributed by atoms with van der Waals surface area (Å²) in [5.41, 5.74) is 0.108. The number of nitrogens with one attached hydrogen (secondary N) is 1. The van der Waals surface area contributed by atoms with Crippen molar-refractivity contribution in [1.29, 1.82) is 0 Å². The van der Waals surface area contributed by atoms with E-state index in [1.54, 1.807) is 12.1 Å². The van der Waals surface area contributed by atoms with E-state index in [4.69, 9.17) is 4.74 Å². The second-order valence-corrected chi connectivity index (χ2v) is 7.28. The van der Waals surface area contributed by atoms with Crippen molar-refractivity contribution in [3.8, 4) is 5.88 Å². The van der Waals surface area contributed by atoms with Crippen molar-refractivity contribution in [3.05, 3.63) is 23.9 Å². The Kier molecular flexibility index (Phi) is 6.35. The summed E-state index contributed by atoms with van der Waals surface area (Å²) in [6.07, 6.45) is 3.21. The van der Waals surface area contributed by atoms with E-state index >= 15 is 0 Å². The summed E-state index contributed by atoms with van der Waals surface area (Å²) in [5.74, 6) is 0.366. The van der Waals surface area contributed by atoms with Gasteiger partial charge in [0.05, 0.1) is 5.56 Å². The van der Waals surface area contributed by atoms with Gasteiger partial charge in [-0.1, -0.05) is 13.8 Å². The number of aliphatic hydroxyl groups is 1. The second kappa shape index (κ2) is 7.58. The Morgan fingerprint density at radius 2 is 1.95 bits per heavy atom. The Morgan fingerprint density at radius 3 is 2.45 bits per heavy atom. The van der Waals surface area contributed by atoms with Crippen LogP contribution in [0, 0.1) is 5.41 Å². The molecule has 0 radical (unpaired) electrons. The Balaban J connectivity index is 2.43. The summed E-state index contributed by atoms with van der Waals surface area (Å²) >= 11 is 0. The molecule has 0 fully saturated rings. The van der Waals surface area contributed by atoms with Crippen molar-refractivity contribution in [1.82, 2.24) is 10.3 Å². The number of amides is 1. The third-order valence-electron chi connectivity index (χ3n) is 3.15. The molecule has 0 bridgehead atoms. The number of carbonyl (C=O) groups excluding carboxylic acids is 1. The highest BCUT2D eigenvalue weighted by Crippen LogP contribution is 2.20. The van der Waals surface area contributed by atoms with Crippen LogP contribution in [-0.4, -0.2) is 34.8 Å². The number of aromatic nitrogens is 1. The number of hydrogen-bond acceptors (Lipinski definition) is 4. The molecular formula is C17H28N2O3. The van der Waals surface area contributed by atoms with Crippen molar-refractivity contribution in [2.75, 3.05) is 13.2 Å². The van der Waals surface area contributed by atoms with E-state index in [2.05, 4.69) is 10.3 Å². The minimum Gasteiger partial charge on any atom is -0.472 e. The highest BCUT2D eigenvalue weighted by Gasteiger charge is 2.16. The van der Waals surface area contributed by atoms with Crippen LogP contribution in [0.2, 0.25) is 0 Å². The van der Waals surface area contributed by atoms with E-state index in [9.17, 15) is 9.90 Å². The monoisotopic (exact) mass is 308 g/mol. The average molecular weight is 308 g/mol. The van der Waals surface area contributed by atoms with Gasteiger partial charge < -0.3 is 15.2 Å². The second-order valence-electron chi connectivity index (χ2n) is 7.28. The topological polar surface area (TPSA) is 71.5 Å². The zero-order valence-corrected chi connectivity index (χ0v) is 14.3. The lowest BCUT2D eigenvalue weighted by atomic mass is 9.89.